The lowest BCUT2D eigenvalue weighted by molar-refractivity contribution is -0.128. The molecular weight excluding hydrogens is 446 g/mol. The minimum absolute atomic E-state index is 0.00779. The summed E-state index contributed by atoms with van der Waals surface area (Å²) in [6.45, 7) is 2.78. The number of hydrogen-bond acceptors (Lipinski definition) is 3. The number of nitrogens with one attached hydrogen (secondary N) is 1. The molecule has 0 aliphatic carbocycles. The molecule has 3 aromatic carbocycles. The molecule has 7 heteroatoms. The van der Waals surface area contributed by atoms with Gasteiger partial charge in [0.05, 0.1) is 23.4 Å². The third-order valence-corrected chi connectivity index (χ3v) is 5.48. The predicted molar refractivity (Wildman–Crippen MR) is 126 cm³/mol. The highest BCUT2D eigenvalue weighted by Gasteiger charge is 2.21. The van der Waals surface area contributed by atoms with E-state index in [1.165, 1.54) is 18.2 Å². The van der Waals surface area contributed by atoms with Crippen LogP contribution in [0, 0.1) is 5.82 Å². The van der Waals surface area contributed by atoms with Crippen LogP contribution in [0.5, 0.6) is 5.75 Å². The summed E-state index contributed by atoms with van der Waals surface area (Å²) >= 11 is 6.39. The second kappa shape index (κ2) is 9.79. The summed E-state index contributed by atoms with van der Waals surface area (Å²) in [5.41, 5.74) is 3.76. The van der Waals surface area contributed by atoms with E-state index in [0.717, 1.165) is 22.5 Å². The van der Waals surface area contributed by atoms with Crippen molar-refractivity contribution in [2.45, 2.75) is 6.42 Å². The highest BCUT2D eigenvalue weighted by molar-refractivity contribution is 6.32. The minimum Gasteiger partial charge on any atom is -0.423 e. The third kappa shape index (κ3) is 4.71. The zero-order chi connectivity index (χ0) is 23.4. The number of para-hydroxylation sites is 1. The number of aromatic nitrogens is 2. The van der Waals surface area contributed by atoms with Crippen molar-refractivity contribution in [2.75, 3.05) is 6.67 Å². The highest BCUT2D eigenvalue weighted by Crippen LogP contribution is 2.41. The number of H-pyrrole nitrogens is 1. The molecule has 0 aliphatic heterocycles. The smallest absolute Gasteiger partial charge is 0.335 e. The molecule has 33 heavy (non-hydrogen) atoms. The minimum atomic E-state index is -0.672. The van der Waals surface area contributed by atoms with Gasteiger partial charge >= 0.3 is 5.97 Å². The summed E-state index contributed by atoms with van der Waals surface area (Å²) in [6.07, 6.45) is 2.75. The van der Waals surface area contributed by atoms with E-state index in [2.05, 4.69) is 16.8 Å². The molecule has 0 spiro atoms. The Morgan fingerprint density at radius 2 is 1.94 bits per heavy atom. The van der Waals surface area contributed by atoms with Crippen LogP contribution in [-0.2, 0) is 4.79 Å². The lowest BCUT2D eigenvalue weighted by atomic mass is 9.87. The van der Waals surface area contributed by atoms with Gasteiger partial charge in [-0.3, -0.25) is 9.49 Å². The molecule has 1 heterocycles. The molecule has 0 atom stereocenters. The number of carbonyl (C=O) groups is 1. The summed E-state index contributed by atoms with van der Waals surface area (Å²) in [7, 11) is 0. The summed E-state index contributed by atoms with van der Waals surface area (Å²) in [6, 6.07) is 16.5. The van der Waals surface area contributed by atoms with Gasteiger partial charge in [0.25, 0.3) is 0 Å². The summed E-state index contributed by atoms with van der Waals surface area (Å²) in [4.78, 5) is 12.0. The molecule has 1 N–H and O–H groups in total. The van der Waals surface area contributed by atoms with Crippen LogP contribution < -0.4 is 4.74 Å². The maximum atomic E-state index is 13.8. The second-order valence-corrected chi connectivity index (χ2v) is 7.62. The fourth-order valence-corrected chi connectivity index (χ4v) is 4.01. The molecule has 1 aromatic heterocycles. The first-order valence-electron chi connectivity index (χ1n) is 10.1. The molecule has 166 valence electrons. The fraction of sp³-hybridized carbons (Fsp3) is 0.0769. The Morgan fingerprint density at radius 3 is 2.70 bits per heavy atom. The van der Waals surface area contributed by atoms with Gasteiger partial charge in [0, 0.05) is 23.4 Å². The molecule has 0 saturated heterocycles. The van der Waals surface area contributed by atoms with E-state index >= 15 is 0 Å². The number of aromatic amines is 1. The van der Waals surface area contributed by atoms with E-state index in [1.54, 1.807) is 30.5 Å². The van der Waals surface area contributed by atoms with Crippen LogP contribution in [0.3, 0.4) is 0 Å². The van der Waals surface area contributed by atoms with Crippen LogP contribution in [-0.4, -0.2) is 22.8 Å². The summed E-state index contributed by atoms with van der Waals surface area (Å²) < 4.78 is 33.1. The maximum Gasteiger partial charge on any atom is 0.335 e. The number of carbonyl (C=O) groups excluding carboxylic acids is 1. The summed E-state index contributed by atoms with van der Waals surface area (Å²) in [5.74, 6) is -0.844. The van der Waals surface area contributed by atoms with Crippen molar-refractivity contribution in [1.29, 1.82) is 0 Å². The molecular formula is C26H19ClF2N2O2. The number of halogens is 3. The van der Waals surface area contributed by atoms with Crippen LogP contribution >= 0.6 is 11.6 Å². The van der Waals surface area contributed by atoms with Crippen LogP contribution in [0.15, 0.2) is 79.5 Å². The Hall–Kier alpha value is -3.77. The standard InChI is InChI=1S/C26H19ClF2N2O2/c1-2-25(32)33-24-6-4-3-5-21(24)26(16-7-10-23-17(13-16)15-30-31-23)20(11-12-28)19-9-8-18(29)14-22(19)27/h2-10,13-15H,1,11-12H2,(H,30,31)/b26-20+. The van der Waals surface area contributed by atoms with Crippen molar-refractivity contribution in [1.82, 2.24) is 10.2 Å². The largest absolute Gasteiger partial charge is 0.423 e. The Labute approximate surface area is 194 Å². The number of fused-ring (bicyclic) bond motifs is 1. The number of allylic oxidation sites excluding steroid dienone is 1. The molecule has 0 radical (unpaired) electrons. The number of alkyl halides is 1. The average molecular weight is 465 g/mol. The Kier molecular flexibility index (Phi) is 6.66. The average Bonchev–Trinajstić information content (AvgIpc) is 3.28. The van der Waals surface area contributed by atoms with Gasteiger partial charge < -0.3 is 4.74 Å². The van der Waals surface area contributed by atoms with Crippen molar-refractivity contribution in [3.63, 3.8) is 0 Å². The van der Waals surface area contributed by atoms with Crippen LogP contribution in [0.25, 0.3) is 22.0 Å². The van der Waals surface area contributed by atoms with E-state index in [0.29, 0.717) is 22.3 Å². The maximum absolute atomic E-state index is 13.8. The van der Waals surface area contributed by atoms with E-state index in [4.69, 9.17) is 16.3 Å². The van der Waals surface area contributed by atoms with Gasteiger partial charge in [-0.15, -0.1) is 0 Å². The van der Waals surface area contributed by atoms with E-state index < -0.39 is 18.5 Å². The molecule has 0 amide bonds. The topological polar surface area (TPSA) is 55.0 Å². The third-order valence-electron chi connectivity index (χ3n) is 5.17. The first-order valence-corrected chi connectivity index (χ1v) is 10.5. The van der Waals surface area contributed by atoms with E-state index in [-0.39, 0.29) is 17.2 Å². The van der Waals surface area contributed by atoms with Crippen LogP contribution in [0.4, 0.5) is 8.78 Å². The molecule has 0 saturated carbocycles. The lowest BCUT2D eigenvalue weighted by Crippen LogP contribution is -2.06. The van der Waals surface area contributed by atoms with Crippen LogP contribution in [0.1, 0.15) is 23.1 Å². The number of rotatable bonds is 7. The number of benzene rings is 3. The molecule has 4 nitrogen and oxygen atoms in total. The zero-order valence-electron chi connectivity index (χ0n) is 17.4. The molecule has 4 aromatic rings. The lowest BCUT2D eigenvalue weighted by Gasteiger charge is -2.19. The fourth-order valence-electron chi connectivity index (χ4n) is 3.73. The van der Waals surface area contributed by atoms with Gasteiger partial charge in [-0.25, -0.2) is 9.18 Å². The van der Waals surface area contributed by atoms with E-state index in [1.807, 2.05) is 18.2 Å². The Bertz CT molecular complexity index is 1380. The SMILES string of the molecule is C=CC(=O)Oc1ccccc1/C(=C(\CCF)c1ccc(F)cc1Cl)c1ccc2[nH]ncc2c1. The van der Waals surface area contributed by atoms with Gasteiger partial charge in [-0.05, 0) is 52.6 Å². The van der Waals surface area contributed by atoms with Crippen molar-refractivity contribution < 1.29 is 18.3 Å². The normalized spacial score (nSPS) is 11.8. The van der Waals surface area contributed by atoms with Crippen molar-refractivity contribution in [3.05, 3.63) is 107 Å². The molecule has 0 aliphatic rings. The molecule has 0 unspecified atom stereocenters. The molecule has 0 fully saturated rings. The van der Waals surface area contributed by atoms with Gasteiger partial charge in [0.2, 0.25) is 0 Å². The first-order chi connectivity index (χ1) is 16.0. The van der Waals surface area contributed by atoms with Gasteiger partial charge in [0.1, 0.15) is 11.6 Å². The quantitative estimate of drug-likeness (QED) is 0.142. The number of hydrogen-bond donors (Lipinski definition) is 1. The monoisotopic (exact) mass is 464 g/mol. The second-order valence-electron chi connectivity index (χ2n) is 7.21. The summed E-state index contributed by atoms with van der Waals surface area (Å²) in [5, 5.41) is 7.96. The van der Waals surface area contributed by atoms with Crippen molar-refractivity contribution >= 4 is 39.6 Å². The van der Waals surface area contributed by atoms with Gasteiger partial charge in [-0.1, -0.05) is 48.5 Å². The first kappa shape index (κ1) is 22.4. The zero-order valence-corrected chi connectivity index (χ0v) is 18.2. The van der Waals surface area contributed by atoms with Crippen LogP contribution in [0.2, 0.25) is 5.02 Å². The number of nitrogens with zero attached hydrogens (tertiary/aromatic N) is 1. The molecule has 4 rings (SSSR count). The van der Waals surface area contributed by atoms with Crippen molar-refractivity contribution in [2.24, 2.45) is 0 Å². The number of ether oxygens (including phenoxy) is 1. The highest BCUT2D eigenvalue weighted by atomic mass is 35.5. The van der Waals surface area contributed by atoms with Gasteiger partial charge in [0.15, 0.2) is 0 Å². The molecule has 0 bridgehead atoms. The number of esters is 1. The van der Waals surface area contributed by atoms with E-state index in [9.17, 15) is 13.6 Å². The Balaban J connectivity index is 2.06. The Morgan fingerprint density at radius 1 is 1.12 bits per heavy atom. The van der Waals surface area contributed by atoms with Gasteiger partial charge in [-0.2, -0.15) is 5.10 Å². The predicted octanol–water partition coefficient (Wildman–Crippen LogP) is 6.77. The van der Waals surface area contributed by atoms with Crippen molar-refractivity contribution in [3.8, 4) is 5.75 Å².